The van der Waals surface area contributed by atoms with Gasteiger partial charge >= 0.3 is 0 Å². The molecule has 0 aliphatic carbocycles. The molecule has 0 radical (unpaired) electrons. The second-order valence-corrected chi connectivity index (χ2v) is 3.06. The molecule has 2 aromatic heterocycles. The van der Waals surface area contributed by atoms with Crippen molar-refractivity contribution in [3.63, 3.8) is 0 Å². The third-order valence-electron chi connectivity index (χ3n) is 2.16. The van der Waals surface area contributed by atoms with Crippen LogP contribution in [0.25, 0.3) is 11.0 Å². The summed E-state index contributed by atoms with van der Waals surface area (Å²) in [6.07, 6.45) is 3.48. The van der Waals surface area contributed by atoms with E-state index in [1.807, 2.05) is 26.0 Å². The molecule has 2 rings (SSSR count). The van der Waals surface area contributed by atoms with Gasteiger partial charge in [-0.3, -0.25) is 0 Å². The molecule has 2 aromatic rings. The fourth-order valence-corrected chi connectivity index (χ4v) is 1.44. The van der Waals surface area contributed by atoms with E-state index in [0.29, 0.717) is 6.61 Å². The number of fused-ring (bicyclic) bond motifs is 1. The summed E-state index contributed by atoms with van der Waals surface area (Å²) in [5, 5.41) is 1.05. The molecule has 14 heavy (non-hydrogen) atoms. The minimum atomic E-state index is 0.661. The molecule has 0 N–H and O–H groups in total. The number of nitrogens with zero attached hydrogens (tertiary/aromatic N) is 2. The Balaban J connectivity index is 2.63. The molecule has 0 bridgehead atoms. The van der Waals surface area contributed by atoms with E-state index in [0.717, 1.165) is 22.3 Å². The van der Waals surface area contributed by atoms with E-state index in [9.17, 15) is 0 Å². The van der Waals surface area contributed by atoms with Crippen molar-refractivity contribution in [2.75, 3.05) is 6.61 Å². The van der Waals surface area contributed by atoms with Crippen LogP contribution in [-0.4, -0.2) is 16.6 Å². The van der Waals surface area contributed by atoms with Gasteiger partial charge < -0.3 is 4.74 Å². The van der Waals surface area contributed by atoms with E-state index < -0.39 is 0 Å². The maximum absolute atomic E-state index is 5.45. The molecule has 72 valence electrons. The Labute approximate surface area is 82.8 Å². The predicted octanol–water partition coefficient (Wildman–Crippen LogP) is 2.34. The Bertz CT molecular complexity index is 454. The smallest absolute Gasteiger partial charge is 0.159 e. The Morgan fingerprint density at radius 2 is 2.21 bits per heavy atom. The van der Waals surface area contributed by atoms with Crippen LogP contribution < -0.4 is 4.74 Å². The third kappa shape index (κ3) is 1.41. The second kappa shape index (κ2) is 3.62. The summed E-state index contributed by atoms with van der Waals surface area (Å²) in [6, 6.07) is 3.92. The van der Waals surface area contributed by atoms with Gasteiger partial charge in [0.1, 0.15) is 5.75 Å². The molecular formula is C11H12N2O. The highest BCUT2D eigenvalue weighted by atomic mass is 16.5. The van der Waals surface area contributed by atoms with Gasteiger partial charge in [-0.25, -0.2) is 9.97 Å². The fourth-order valence-electron chi connectivity index (χ4n) is 1.44. The average Bonchev–Trinajstić information content (AvgIpc) is 2.23. The number of hydrogen-bond acceptors (Lipinski definition) is 3. The molecule has 0 amide bonds. The van der Waals surface area contributed by atoms with Crippen molar-refractivity contribution in [1.82, 2.24) is 9.97 Å². The molecule has 0 unspecified atom stereocenters. The Kier molecular flexibility index (Phi) is 2.31. The van der Waals surface area contributed by atoms with Gasteiger partial charge in [0.15, 0.2) is 5.65 Å². The maximum Gasteiger partial charge on any atom is 0.159 e. The lowest BCUT2D eigenvalue weighted by molar-refractivity contribution is 0.337. The van der Waals surface area contributed by atoms with Crippen molar-refractivity contribution in [3.05, 3.63) is 30.1 Å². The SMILES string of the molecule is CCOc1cnc2ncccc2c1C. The first-order valence-corrected chi connectivity index (χ1v) is 4.66. The number of pyridine rings is 2. The van der Waals surface area contributed by atoms with E-state index in [2.05, 4.69) is 9.97 Å². The first-order valence-electron chi connectivity index (χ1n) is 4.66. The summed E-state index contributed by atoms with van der Waals surface area (Å²) in [5.41, 5.74) is 1.87. The van der Waals surface area contributed by atoms with Crippen LogP contribution in [0.1, 0.15) is 12.5 Å². The van der Waals surface area contributed by atoms with Crippen LogP contribution >= 0.6 is 0 Å². The van der Waals surface area contributed by atoms with Gasteiger partial charge in [0.05, 0.1) is 12.8 Å². The molecule has 0 atom stereocenters. The first kappa shape index (κ1) is 8.94. The van der Waals surface area contributed by atoms with Crippen molar-refractivity contribution >= 4 is 11.0 Å². The van der Waals surface area contributed by atoms with Gasteiger partial charge in [-0.15, -0.1) is 0 Å². The van der Waals surface area contributed by atoms with Crippen molar-refractivity contribution in [2.24, 2.45) is 0 Å². The molecule has 0 saturated heterocycles. The monoisotopic (exact) mass is 188 g/mol. The van der Waals surface area contributed by atoms with Crippen LogP contribution in [0, 0.1) is 6.92 Å². The summed E-state index contributed by atoms with van der Waals surface area (Å²) in [7, 11) is 0. The molecule has 0 aliphatic rings. The minimum absolute atomic E-state index is 0.661. The van der Waals surface area contributed by atoms with Crippen LogP contribution in [0.2, 0.25) is 0 Å². The Morgan fingerprint density at radius 1 is 1.36 bits per heavy atom. The number of rotatable bonds is 2. The molecule has 2 heterocycles. The van der Waals surface area contributed by atoms with Gasteiger partial charge in [-0.1, -0.05) is 0 Å². The highest BCUT2D eigenvalue weighted by Crippen LogP contribution is 2.23. The van der Waals surface area contributed by atoms with E-state index >= 15 is 0 Å². The standard InChI is InChI=1S/C11H12N2O/c1-3-14-10-7-13-11-9(8(10)2)5-4-6-12-11/h4-7H,3H2,1-2H3. The summed E-state index contributed by atoms with van der Waals surface area (Å²) in [5.74, 6) is 0.841. The minimum Gasteiger partial charge on any atom is -0.492 e. The lowest BCUT2D eigenvalue weighted by Crippen LogP contribution is -1.96. The van der Waals surface area contributed by atoms with Crippen molar-refractivity contribution in [2.45, 2.75) is 13.8 Å². The quantitative estimate of drug-likeness (QED) is 0.725. The Morgan fingerprint density at radius 3 is 3.00 bits per heavy atom. The van der Waals surface area contributed by atoms with Crippen LogP contribution in [0.3, 0.4) is 0 Å². The number of aromatic nitrogens is 2. The summed E-state index contributed by atoms with van der Waals surface area (Å²) >= 11 is 0. The summed E-state index contributed by atoms with van der Waals surface area (Å²) in [4.78, 5) is 8.40. The largest absolute Gasteiger partial charge is 0.492 e. The number of hydrogen-bond donors (Lipinski definition) is 0. The zero-order chi connectivity index (χ0) is 9.97. The zero-order valence-corrected chi connectivity index (χ0v) is 8.32. The second-order valence-electron chi connectivity index (χ2n) is 3.06. The predicted molar refractivity (Wildman–Crippen MR) is 55.4 cm³/mol. The molecule has 0 saturated carbocycles. The van der Waals surface area contributed by atoms with Crippen molar-refractivity contribution < 1.29 is 4.74 Å². The van der Waals surface area contributed by atoms with Gasteiger partial charge in [-0.2, -0.15) is 0 Å². The molecule has 0 fully saturated rings. The highest BCUT2D eigenvalue weighted by molar-refractivity contribution is 5.80. The van der Waals surface area contributed by atoms with Gasteiger partial charge in [0, 0.05) is 17.1 Å². The van der Waals surface area contributed by atoms with Crippen LogP contribution in [-0.2, 0) is 0 Å². The fraction of sp³-hybridized carbons (Fsp3) is 0.273. The zero-order valence-electron chi connectivity index (χ0n) is 8.32. The maximum atomic E-state index is 5.45. The number of aryl methyl sites for hydroxylation is 1. The van der Waals surface area contributed by atoms with Gasteiger partial charge in [-0.05, 0) is 26.0 Å². The topological polar surface area (TPSA) is 35.0 Å². The van der Waals surface area contributed by atoms with Crippen LogP contribution in [0.5, 0.6) is 5.75 Å². The van der Waals surface area contributed by atoms with E-state index in [1.165, 1.54) is 0 Å². The normalized spacial score (nSPS) is 10.4. The van der Waals surface area contributed by atoms with E-state index in [4.69, 9.17) is 4.74 Å². The summed E-state index contributed by atoms with van der Waals surface area (Å²) < 4.78 is 5.45. The lowest BCUT2D eigenvalue weighted by Gasteiger charge is -2.07. The van der Waals surface area contributed by atoms with Crippen LogP contribution in [0.4, 0.5) is 0 Å². The van der Waals surface area contributed by atoms with Gasteiger partial charge in [0.2, 0.25) is 0 Å². The van der Waals surface area contributed by atoms with Crippen LogP contribution in [0.15, 0.2) is 24.5 Å². The van der Waals surface area contributed by atoms with Crippen molar-refractivity contribution in [1.29, 1.82) is 0 Å². The molecular weight excluding hydrogens is 176 g/mol. The van der Waals surface area contributed by atoms with E-state index in [1.54, 1.807) is 12.4 Å². The molecule has 0 aliphatic heterocycles. The number of ether oxygens (including phenoxy) is 1. The van der Waals surface area contributed by atoms with Gasteiger partial charge in [0.25, 0.3) is 0 Å². The molecule has 0 aromatic carbocycles. The summed E-state index contributed by atoms with van der Waals surface area (Å²) in [6.45, 7) is 4.65. The van der Waals surface area contributed by atoms with E-state index in [-0.39, 0.29) is 0 Å². The molecule has 3 heteroatoms. The Hall–Kier alpha value is -1.64. The lowest BCUT2D eigenvalue weighted by atomic mass is 10.2. The molecule has 0 spiro atoms. The highest BCUT2D eigenvalue weighted by Gasteiger charge is 2.04. The average molecular weight is 188 g/mol. The van der Waals surface area contributed by atoms with Crippen molar-refractivity contribution in [3.8, 4) is 5.75 Å². The molecule has 3 nitrogen and oxygen atoms in total. The first-order chi connectivity index (χ1) is 6.83. The third-order valence-corrected chi connectivity index (χ3v) is 2.16.